The van der Waals surface area contributed by atoms with Gasteiger partial charge in [0.2, 0.25) is 5.91 Å². The van der Waals surface area contributed by atoms with Crippen molar-refractivity contribution in [2.75, 3.05) is 12.4 Å². The largest absolute Gasteiger partial charge is 0.495 e. The van der Waals surface area contributed by atoms with Crippen molar-refractivity contribution in [3.63, 3.8) is 0 Å². The van der Waals surface area contributed by atoms with Crippen LogP contribution in [-0.4, -0.2) is 18.3 Å². The third kappa shape index (κ3) is 3.09. The first kappa shape index (κ1) is 14.5. The van der Waals surface area contributed by atoms with E-state index in [1.807, 2.05) is 30.3 Å². The first-order chi connectivity index (χ1) is 10.2. The number of anilines is 1. The molecule has 1 heterocycles. The number of thioether (sulfide) groups is 1. The number of nitrogens with one attached hydrogen (secondary N) is 1. The Balaban J connectivity index is 1.75. The topological polar surface area (TPSA) is 38.3 Å². The van der Waals surface area contributed by atoms with E-state index in [1.54, 1.807) is 18.9 Å². The van der Waals surface area contributed by atoms with Crippen LogP contribution in [0, 0.1) is 0 Å². The lowest BCUT2D eigenvalue weighted by atomic mass is 10.1. The smallest absolute Gasteiger partial charge is 0.238 e. The fraction of sp³-hybridized carbons (Fsp3) is 0.188. The number of carbonyl (C=O) groups excluding carboxylic acids is 1. The fourth-order valence-electron chi connectivity index (χ4n) is 2.32. The van der Waals surface area contributed by atoms with Crippen molar-refractivity contribution in [1.82, 2.24) is 0 Å². The first-order valence-electron chi connectivity index (χ1n) is 6.56. The second-order valence-electron chi connectivity index (χ2n) is 4.75. The molecule has 21 heavy (non-hydrogen) atoms. The second-order valence-corrected chi connectivity index (χ2v) is 6.91. The summed E-state index contributed by atoms with van der Waals surface area (Å²) in [5, 5.41) is 2.87. The van der Waals surface area contributed by atoms with Gasteiger partial charge in [0.25, 0.3) is 0 Å². The maximum atomic E-state index is 12.5. The van der Waals surface area contributed by atoms with E-state index >= 15 is 0 Å². The van der Waals surface area contributed by atoms with Gasteiger partial charge in [0.1, 0.15) is 5.75 Å². The highest BCUT2D eigenvalue weighted by Gasteiger charge is 2.28. The summed E-state index contributed by atoms with van der Waals surface area (Å²) >= 11 is 5.03. The number of benzene rings is 2. The van der Waals surface area contributed by atoms with Crippen LogP contribution < -0.4 is 10.1 Å². The Bertz CT molecular complexity index is 665. The summed E-state index contributed by atoms with van der Waals surface area (Å²) in [4.78, 5) is 13.7. The summed E-state index contributed by atoms with van der Waals surface area (Å²) in [5.41, 5.74) is 1.93. The molecule has 0 aromatic heterocycles. The Kier molecular flexibility index (Phi) is 4.22. The van der Waals surface area contributed by atoms with Crippen molar-refractivity contribution in [1.29, 1.82) is 0 Å². The second kappa shape index (κ2) is 6.12. The van der Waals surface area contributed by atoms with E-state index < -0.39 is 0 Å². The molecule has 0 spiro atoms. The Hall–Kier alpha value is -1.46. The van der Waals surface area contributed by atoms with Crippen LogP contribution in [-0.2, 0) is 11.2 Å². The normalized spacial score (nSPS) is 16.4. The number of hydrogen-bond donors (Lipinski definition) is 1. The molecule has 0 saturated carbocycles. The number of methoxy groups -OCH3 is 1. The molecule has 1 unspecified atom stereocenters. The van der Waals surface area contributed by atoms with Crippen LogP contribution in [0.3, 0.4) is 0 Å². The van der Waals surface area contributed by atoms with Crippen LogP contribution in [0.25, 0.3) is 0 Å². The quantitative estimate of drug-likeness (QED) is 0.891. The van der Waals surface area contributed by atoms with Gasteiger partial charge in [-0.3, -0.25) is 4.79 Å². The maximum absolute atomic E-state index is 12.5. The molecule has 1 amide bonds. The Morgan fingerprint density at radius 3 is 2.90 bits per heavy atom. The molecule has 108 valence electrons. The highest BCUT2D eigenvalue weighted by atomic mass is 79.9. The van der Waals surface area contributed by atoms with Crippen LogP contribution >= 0.6 is 27.7 Å². The predicted octanol–water partition coefficient (Wildman–Crippen LogP) is 4.11. The molecule has 1 aliphatic rings. The van der Waals surface area contributed by atoms with Crippen molar-refractivity contribution < 1.29 is 9.53 Å². The van der Waals surface area contributed by atoms with E-state index in [9.17, 15) is 4.79 Å². The summed E-state index contributed by atoms with van der Waals surface area (Å²) < 4.78 is 6.19. The van der Waals surface area contributed by atoms with Crippen molar-refractivity contribution in [2.45, 2.75) is 16.6 Å². The zero-order valence-electron chi connectivity index (χ0n) is 11.4. The zero-order chi connectivity index (χ0) is 14.8. The van der Waals surface area contributed by atoms with Crippen LogP contribution in [0.15, 0.2) is 51.8 Å². The molecule has 1 aliphatic heterocycles. The van der Waals surface area contributed by atoms with E-state index in [2.05, 4.69) is 33.4 Å². The molecule has 5 heteroatoms. The third-order valence-corrected chi connectivity index (χ3v) is 5.17. The predicted molar refractivity (Wildman–Crippen MR) is 89.1 cm³/mol. The van der Waals surface area contributed by atoms with Crippen LogP contribution in [0.4, 0.5) is 5.69 Å². The number of halogens is 1. The lowest BCUT2D eigenvalue weighted by molar-refractivity contribution is -0.115. The minimum atomic E-state index is -0.0916. The summed E-state index contributed by atoms with van der Waals surface area (Å²) in [6.07, 6.45) is 0.767. The number of fused-ring (bicyclic) bond motifs is 1. The van der Waals surface area contributed by atoms with E-state index in [4.69, 9.17) is 4.74 Å². The Morgan fingerprint density at radius 1 is 1.33 bits per heavy atom. The average Bonchev–Trinajstić information content (AvgIpc) is 2.91. The monoisotopic (exact) mass is 363 g/mol. The number of ether oxygens (including phenoxy) is 1. The van der Waals surface area contributed by atoms with Crippen molar-refractivity contribution in [2.24, 2.45) is 0 Å². The molecule has 3 nitrogen and oxygen atoms in total. The van der Waals surface area contributed by atoms with E-state index in [0.717, 1.165) is 10.9 Å². The first-order valence-corrected chi connectivity index (χ1v) is 8.23. The van der Waals surface area contributed by atoms with E-state index in [0.29, 0.717) is 11.4 Å². The third-order valence-electron chi connectivity index (χ3n) is 3.36. The molecule has 1 N–H and O–H groups in total. The van der Waals surface area contributed by atoms with E-state index in [1.165, 1.54) is 10.5 Å². The molecular weight excluding hydrogens is 350 g/mol. The van der Waals surface area contributed by atoms with Gasteiger partial charge in [-0.1, -0.05) is 34.1 Å². The lowest BCUT2D eigenvalue weighted by Crippen LogP contribution is -2.24. The summed E-state index contributed by atoms with van der Waals surface area (Å²) in [7, 11) is 1.60. The van der Waals surface area contributed by atoms with Gasteiger partial charge in [-0.2, -0.15) is 0 Å². The van der Waals surface area contributed by atoms with Gasteiger partial charge in [-0.05, 0) is 36.2 Å². The summed E-state index contributed by atoms with van der Waals surface area (Å²) in [5.74, 6) is 0.666. The van der Waals surface area contributed by atoms with Crippen LogP contribution in [0.1, 0.15) is 5.56 Å². The molecule has 3 rings (SSSR count). The standard InChI is InChI=1S/C16H14BrNO2S/c1-20-13-7-6-11(17)9-12(13)18-16(19)15-8-10-4-2-3-5-14(10)21-15/h2-7,9,15H,8H2,1H3,(H,18,19). The number of rotatable bonds is 3. The summed E-state index contributed by atoms with van der Waals surface area (Å²) in [6.45, 7) is 0. The van der Waals surface area contributed by atoms with Crippen molar-refractivity contribution in [3.05, 3.63) is 52.5 Å². The Labute approximate surface area is 136 Å². The highest BCUT2D eigenvalue weighted by molar-refractivity contribution is 9.10. The number of carbonyl (C=O) groups is 1. The molecule has 0 aliphatic carbocycles. The molecule has 0 radical (unpaired) electrons. The fourth-order valence-corrected chi connectivity index (χ4v) is 3.88. The van der Waals surface area contributed by atoms with Gasteiger partial charge in [0, 0.05) is 9.37 Å². The molecule has 2 aromatic carbocycles. The van der Waals surface area contributed by atoms with Crippen molar-refractivity contribution >= 4 is 39.3 Å². The van der Waals surface area contributed by atoms with Crippen LogP contribution in [0.5, 0.6) is 5.75 Å². The zero-order valence-corrected chi connectivity index (χ0v) is 13.8. The average molecular weight is 364 g/mol. The SMILES string of the molecule is COc1ccc(Br)cc1NC(=O)C1Cc2ccccc2S1. The number of hydrogen-bond acceptors (Lipinski definition) is 3. The molecular formula is C16H14BrNO2S. The molecule has 1 atom stereocenters. The minimum Gasteiger partial charge on any atom is -0.495 e. The minimum absolute atomic E-state index is 0.00704. The number of amides is 1. The van der Waals surface area contributed by atoms with Gasteiger partial charge < -0.3 is 10.1 Å². The van der Waals surface area contributed by atoms with Gasteiger partial charge in [0.05, 0.1) is 18.0 Å². The van der Waals surface area contributed by atoms with Gasteiger partial charge in [-0.25, -0.2) is 0 Å². The van der Waals surface area contributed by atoms with Crippen LogP contribution in [0.2, 0.25) is 0 Å². The van der Waals surface area contributed by atoms with Gasteiger partial charge in [0.15, 0.2) is 0 Å². The summed E-state index contributed by atoms with van der Waals surface area (Å²) in [6, 6.07) is 13.7. The van der Waals surface area contributed by atoms with Gasteiger partial charge in [-0.15, -0.1) is 11.8 Å². The molecule has 0 bridgehead atoms. The molecule has 0 saturated heterocycles. The molecule has 2 aromatic rings. The lowest BCUT2D eigenvalue weighted by Gasteiger charge is -2.13. The van der Waals surface area contributed by atoms with Crippen molar-refractivity contribution in [3.8, 4) is 5.75 Å². The molecule has 0 fully saturated rings. The highest BCUT2D eigenvalue weighted by Crippen LogP contribution is 2.38. The van der Waals surface area contributed by atoms with E-state index in [-0.39, 0.29) is 11.2 Å². The van der Waals surface area contributed by atoms with Gasteiger partial charge >= 0.3 is 0 Å². The Morgan fingerprint density at radius 2 is 2.14 bits per heavy atom. The maximum Gasteiger partial charge on any atom is 0.238 e.